The van der Waals surface area contributed by atoms with Gasteiger partial charge in [-0.1, -0.05) is 30.3 Å². The van der Waals surface area contributed by atoms with Gasteiger partial charge in [-0.05, 0) is 63.1 Å². The molecule has 1 aromatic carbocycles. The number of urea groups is 1. The van der Waals surface area contributed by atoms with Crippen molar-refractivity contribution in [2.45, 2.75) is 38.5 Å². The number of carbonyl (C=O) groups excluding carboxylic acids is 1. The van der Waals surface area contributed by atoms with Gasteiger partial charge in [-0.2, -0.15) is 0 Å². The Bertz CT molecular complexity index is 499. The predicted molar refractivity (Wildman–Crippen MR) is 98.1 cm³/mol. The van der Waals surface area contributed by atoms with Crippen LogP contribution in [0.15, 0.2) is 30.3 Å². The van der Waals surface area contributed by atoms with E-state index in [-0.39, 0.29) is 6.03 Å². The Kier molecular flexibility index (Phi) is 6.53. The average molecular weight is 329 g/mol. The second-order valence-corrected chi connectivity index (χ2v) is 7.26. The predicted octanol–water partition coefficient (Wildman–Crippen LogP) is 3.14. The fraction of sp³-hybridized carbons (Fsp3) is 0.650. The van der Waals surface area contributed by atoms with Crippen molar-refractivity contribution in [3.63, 3.8) is 0 Å². The third-order valence-electron chi connectivity index (χ3n) is 5.38. The molecular weight excluding hydrogens is 298 g/mol. The van der Waals surface area contributed by atoms with Crippen LogP contribution in [0.4, 0.5) is 4.79 Å². The van der Waals surface area contributed by atoms with Crippen LogP contribution in [-0.2, 0) is 6.42 Å². The third kappa shape index (κ3) is 5.23. The lowest BCUT2D eigenvalue weighted by Crippen LogP contribution is -2.41. The van der Waals surface area contributed by atoms with Gasteiger partial charge in [-0.25, -0.2) is 4.79 Å². The fourth-order valence-electron chi connectivity index (χ4n) is 3.95. The van der Waals surface area contributed by atoms with Gasteiger partial charge in [0.15, 0.2) is 0 Å². The number of amides is 2. The molecule has 1 aromatic rings. The molecule has 2 aliphatic rings. The van der Waals surface area contributed by atoms with Crippen molar-refractivity contribution in [2.75, 3.05) is 39.3 Å². The van der Waals surface area contributed by atoms with Gasteiger partial charge < -0.3 is 15.1 Å². The summed E-state index contributed by atoms with van der Waals surface area (Å²) in [5, 5.41) is 3.09. The van der Waals surface area contributed by atoms with E-state index in [1.807, 2.05) is 23.1 Å². The minimum Gasteiger partial charge on any atom is -0.338 e. The molecule has 4 nitrogen and oxygen atoms in total. The van der Waals surface area contributed by atoms with E-state index in [2.05, 4.69) is 22.3 Å². The second kappa shape index (κ2) is 9.07. The standard InChI is InChI=1S/C20H31N3O/c24-20(21-12-10-18-7-2-1-3-8-18)23-15-6-9-19(11-16-23)17-22-13-4-5-14-22/h1-3,7-8,19H,4-6,9-17H2,(H,21,24). The molecule has 1 unspecified atom stereocenters. The van der Waals surface area contributed by atoms with Gasteiger partial charge in [-0.3, -0.25) is 0 Å². The Labute approximate surface area is 146 Å². The Morgan fingerprint density at radius 3 is 2.58 bits per heavy atom. The molecule has 132 valence electrons. The van der Waals surface area contributed by atoms with Gasteiger partial charge >= 0.3 is 6.03 Å². The molecular formula is C20H31N3O. The van der Waals surface area contributed by atoms with Crippen molar-refractivity contribution < 1.29 is 4.79 Å². The summed E-state index contributed by atoms with van der Waals surface area (Å²) in [6.45, 7) is 6.34. The lowest BCUT2D eigenvalue weighted by molar-refractivity contribution is 0.198. The minimum atomic E-state index is 0.118. The van der Waals surface area contributed by atoms with Crippen LogP contribution in [0.1, 0.15) is 37.7 Å². The highest BCUT2D eigenvalue weighted by molar-refractivity contribution is 5.74. The molecule has 0 spiro atoms. The summed E-state index contributed by atoms with van der Waals surface area (Å²) < 4.78 is 0. The first-order chi connectivity index (χ1) is 11.8. The molecule has 0 bridgehead atoms. The molecule has 0 radical (unpaired) electrons. The molecule has 2 heterocycles. The maximum atomic E-state index is 12.4. The van der Waals surface area contributed by atoms with Crippen molar-refractivity contribution in [1.82, 2.24) is 15.1 Å². The van der Waals surface area contributed by atoms with Crippen molar-refractivity contribution in [3.8, 4) is 0 Å². The third-order valence-corrected chi connectivity index (χ3v) is 5.38. The molecule has 2 aliphatic heterocycles. The molecule has 4 heteroatoms. The van der Waals surface area contributed by atoms with Crippen molar-refractivity contribution in [2.24, 2.45) is 5.92 Å². The summed E-state index contributed by atoms with van der Waals surface area (Å²) in [6, 6.07) is 10.5. The van der Waals surface area contributed by atoms with Crippen LogP contribution in [0.2, 0.25) is 0 Å². The lowest BCUT2D eigenvalue weighted by atomic mass is 10.0. The first-order valence-corrected chi connectivity index (χ1v) is 9.60. The zero-order chi connectivity index (χ0) is 16.6. The van der Waals surface area contributed by atoms with Crippen LogP contribution in [0.25, 0.3) is 0 Å². The number of nitrogens with zero attached hydrogens (tertiary/aromatic N) is 2. The number of rotatable bonds is 5. The number of benzene rings is 1. The number of carbonyl (C=O) groups is 1. The van der Waals surface area contributed by atoms with Crippen LogP contribution < -0.4 is 5.32 Å². The zero-order valence-corrected chi connectivity index (χ0v) is 14.8. The molecule has 1 N–H and O–H groups in total. The monoisotopic (exact) mass is 329 g/mol. The zero-order valence-electron chi connectivity index (χ0n) is 14.8. The van der Waals surface area contributed by atoms with Crippen LogP contribution >= 0.6 is 0 Å². The molecule has 24 heavy (non-hydrogen) atoms. The molecule has 3 rings (SSSR count). The minimum absolute atomic E-state index is 0.118. The Balaban J connectivity index is 1.37. The summed E-state index contributed by atoms with van der Waals surface area (Å²) in [7, 11) is 0. The normalized spacial score (nSPS) is 22.3. The highest BCUT2D eigenvalue weighted by Crippen LogP contribution is 2.20. The van der Waals surface area contributed by atoms with Crippen LogP contribution in [0.5, 0.6) is 0 Å². The van der Waals surface area contributed by atoms with E-state index in [0.29, 0.717) is 0 Å². The van der Waals surface area contributed by atoms with E-state index in [9.17, 15) is 4.79 Å². The summed E-state index contributed by atoms with van der Waals surface area (Å²) in [5.74, 6) is 0.769. The van der Waals surface area contributed by atoms with Gasteiger partial charge in [-0.15, -0.1) is 0 Å². The van der Waals surface area contributed by atoms with E-state index < -0.39 is 0 Å². The molecule has 0 aliphatic carbocycles. The second-order valence-electron chi connectivity index (χ2n) is 7.26. The summed E-state index contributed by atoms with van der Waals surface area (Å²) >= 11 is 0. The maximum absolute atomic E-state index is 12.4. The first-order valence-electron chi connectivity index (χ1n) is 9.60. The van der Waals surface area contributed by atoms with E-state index >= 15 is 0 Å². The summed E-state index contributed by atoms with van der Waals surface area (Å²) in [5.41, 5.74) is 1.28. The van der Waals surface area contributed by atoms with Crippen molar-refractivity contribution >= 4 is 6.03 Å². The highest BCUT2D eigenvalue weighted by Gasteiger charge is 2.23. The first kappa shape index (κ1) is 17.3. The average Bonchev–Trinajstić information content (AvgIpc) is 3.00. The van der Waals surface area contributed by atoms with Gasteiger partial charge in [0, 0.05) is 26.2 Å². The van der Waals surface area contributed by atoms with Crippen LogP contribution in [0.3, 0.4) is 0 Å². The van der Waals surface area contributed by atoms with E-state index in [0.717, 1.165) is 44.8 Å². The molecule has 2 fully saturated rings. The number of hydrogen-bond acceptors (Lipinski definition) is 2. The topological polar surface area (TPSA) is 35.6 Å². The molecule has 2 saturated heterocycles. The fourth-order valence-corrected chi connectivity index (χ4v) is 3.95. The van der Waals surface area contributed by atoms with Gasteiger partial charge in [0.05, 0.1) is 0 Å². The summed E-state index contributed by atoms with van der Waals surface area (Å²) in [6.07, 6.45) is 7.20. The largest absolute Gasteiger partial charge is 0.338 e. The number of likely N-dealkylation sites (tertiary alicyclic amines) is 2. The van der Waals surface area contributed by atoms with Crippen molar-refractivity contribution in [3.05, 3.63) is 35.9 Å². The van der Waals surface area contributed by atoms with E-state index in [4.69, 9.17) is 0 Å². The van der Waals surface area contributed by atoms with Crippen LogP contribution in [0, 0.1) is 5.92 Å². The smallest absolute Gasteiger partial charge is 0.317 e. The highest BCUT2D eigenvalue weighted by atomic mass is 16.2. The van der Waals surface area contributed by atoms with E-state index in [1.54, 1.807) is 0 Å². The quantitative estimate of drug-likeness (QED) is 0.901. The number of nitrogens with one attached hydrogen (secondary N) is 1. The molecule has 2 amide bonds. The lowest BCUT2D eigenvalue weighted by Gasteiger charge is -2.23. The summed E-state index contributed by atoms with van der Waals surface area (Å²) in [4.78, 5) is 17.0. The van der Waals surface area contributed by atoms with Crippen molar-refractivity contribution in [1.29, 1.82) is 0 Å². The Morgan fingerprint density at radius 2 is 1.79 bits per heavy atom. The van der Waals surface area contributed by atoms with Crippen LogP contribution in [-0.4, -0.2) is 55.1 Å². The Morgan fingerprint density at radius 1 is 1.00 bits per heavy atom. The molecule has 0 saturated carbocycles. The number of hydrogen-bond donors (Lipinski definition) is 1. The van der Waals surface area contributed by atoms with Gasteiger partial charge in [0.1, 0.15) is 0 Å². The Hall–Kier alpha value is -1.55. The van der Waals surface area contributed by atoms with E-state index in [1.165, 1.54) is 44.5 Å². The molecule has 0 aromatic heterocycles. The van der Waals surface area contributed by atoms with Gasteiger partial charge in [0.2, 0.25) is 0 Å². The molecule has 1 atom stereocenters. The maximum Gasteiger partial charge on any atom is 0.317 e. The SMILES string of the molecule is O=C(NCCc1ccccc1)N1CCCC(CN2CCCC2)CC1. The van der Waals surface area contributed by atoms with Gasteiger partial charge in [0.25, 0.3) is 0 Å².